The summed E-state index contributed by atoms with van der Waals surface area (Å²) < 4.78 is 27.8. The number of aryl methyl sites for hydroxylation is 1. The number of nitrogens with zero attached hydrogens (tertiary/aromatic N) is 1. The van der Waals surface area contributed by atoms with Crippen LogP contribution in [0.15, 0.2) is 77.7 Å². The molecule has 0 saturated carbocycles. The smallest absolute Gasteiger partial charge is 0.243 e. The molecule has 162 valence electrons. The van der Waals surface area contributed by atoms with Crippen molar-refractivity contribution in [3.63, 3.8) is 0 Å². The second kappa shape index (κ2) is 10.3. The van der Waals surface area contributed by atoms with E-state index in [4.69, 9.17) is 23.2 Å². The van der Waals surface area contributed by atoms with Gasteiger partial charge in [-0.2, -0.15) is 4.31 Å². The van der Waals surface area contributed by atoms with E-state index in [-0.39, 0.29) is 18.0 Å². The van der Waals surface area contributed by atoms with Gasteiger partial charge in [0.1, 0.15) is 0 Å². The fourth-order valence-corrected chi connectivity index (χ4v) is 4.84. The van der Waals surface area contributed by atoms with Gasteiger partial charge in [0.15, 0.2) is 0 Å². The summed E-state index contributed by atoms with van der Waals surface area (Å²) in [6.07, 6.45) is 0.742. The lowest BCUT2D eigenvalue weighted by Crippen LogP contribution is -2.37. The molecule has 0 spiro atoms. The molecule has 0 aliphatic rings. The third kappa shape index (κ3) is 6.08. The zero-order valence-electron chi connectivity index (χ0n) is 16.9. The molecule has 5 nitrogen and oxygen atoms in total. The van der Waals surface area contributed by atoms with Gasteiger partial charge in [-0.05, 0) is 60.0 Å². The van der Waals surface area contributed by atoms with E-state index in [0.29, 0.717) is 21.3 Å². The van der Waals surface area contributed by atoms with Gasteiger partial charge in [0.2, 0.25) is 15.9 Å². The van der Waals surface area contributed by atoms with Crippen molar-refractivity contribution in [2.75, 3.05) is 11.9 Å². The van der Waals surface area contributed by atoms with Crippen LogP contribution in [0.1, 0.15) is 18.1 Å². The maximum atomic E-state index is 13.3. The third-order valence-corrected chi connectivity index (χ3v) is 6.98. The van der Waals surface area contributed by atoms with Gasteiger partial charge in [-0.3, -0.25) is 4.79 Å². The predicted octanol–water partition coefficient (Wildman–Crippen LogP) is 5.39. The molecule has 0 fully saturated rings. The Morgan fingerprint density at radius 2 is 1.65 bits per heavy atom. The molecule has 8 heteroatoms. The van der Waals surface area contributed by atoms with Crippen molar-refractivity contribution in [1.82, 2.24) is 4.31 Å². The minimum atomic E-state index is -3.96. The van der Waals surface area contributed by atoms with E-state index < -0.39 is 15.9 Å². The second-order valence-electron chi connectivity index (χ2n) is 6.92. The van der Waals surface area contributed by atoms with Crippen molar-refractivity contribution < 1.29 is 13.2 Å². The van der Waals surface area contributed by atoms with Crippen LogP contribution >= 0.6 is 23.2 Å². The Morgan fingerprint density at radius 3 is 2.32 bits per heavy atom. The average Bonchev–Trinajstić information content (AvgIpc) is 2.74. The highest BCUT2D eigenvalue weighted by Gasteiger charge is 2.27. The summed E-state index contributed by atoms with van der Waals surface area (Å²) in [6, 6.07) is 20.2. The molecule has 0 saturated heterocycles. The minimum Gasteiger partial charge on any atom is -0.325 e. The summed E-state index contributed by atoms with van der Waals surface area (Å²) in [4.78, 5) is 12.9. The Labute approximate surface area is 192 Å². The van der Waals surface area contributed by atoms with Crippen LogP contribution in [-0.4, -0.2) is 25.2 Å². The van der Waals surface area contributed by atoms with Gasteiger partial charge < -0.3 is 5.32 Å². The van der Waals surface area contributed by atoms with E-state index in [9.17, 15) is 13.2 Å². The number of benzene rings is 3. The number of carbonyl (C=O) groups is 1. The lowest BCUT2D eigenvalue weighted by atomic mass is 10.1. The van der Waals surface area contributed by atoms with E-state index in [0.717, 1.165) is 16.3 Å². The molecular formula is C23H22Cl2N2O3S. The van der Waals surface area contributed by atoms with E-state index in [1.165, 1.54) is 24.3 Å². The molecule has 1 amide bonds. The predicted molar refractivity (Wildman–Crippen MR) is 125 cm³/mol. The molecule has 31 heavy (non-hydrogen) atoms. The second-order valence-corrected chi connectivity index (χ2v) is 9.73. The highest BCUT2D eigenvalue weighted by molar-refractivity contribution is 7.89. The summed E-state index contributed by atoms with van der Waals surface area (Å²) in [6.45, 7) is 1.63. The third-order valence-electron chi connectivity index (χ3n) is 4.69. The Balaban J connectivity index is 1.89. The fraction of sp³-hybridized carbons (Fsp3) is 0.174. The number of carbonyl (C=O) groups excluding carboxylic acids is 1. The standard InChI is InChI=1S/C23H22Cl2N2O3S/c1-2-18-7-3-4-9-22(18)26-23(28)16-27(15-17-6-5-8-20(25)14-17)31(29,30)21-12-10-19(24)11-13-21/h3-14H,2,15-16H2,1H3,(H,26,28). The van der Waals surface area contributed by atoms with Crippen LogP contribution in [0.2, 0.25) is 10.0 Å². The van der Waals surface area contributed by atoms with Crippen molar-refractivity contribution in [3.8, 4) is 0 Å². The van der Waals surface area contributed by atoms with Gasteiger partial charge in [0.25, 0.3) is 0 Å². The maximum Gasteiger partial charge on any atom is 0.243 e. The number of nitrogens with one attached hydrogen (secondary N) is 1. The fourth-order valence-electron chi connectivity index (χ4n) is 3.12. The normalized spacial score (nSPS) is 11.5. The first-order chi connectivity index (χ1) is 14.8. The van der Waals surface area contributed by atoms with E-state index >= 15 is 0 Å². The molecule has 0 aromatic heterocycles. The van der Waals surface area contributed by atoms with Gasteiger partial charge in [-0.25, -0.2) is 8.42 Å². The molecule has 0 aliphatic carbocycles. The quantitative estimate of drug-likeness (QED) is 0.474. The van der Waals surface area contributed by atoms with Crippen LogP contribution in [0.4, 0.5) is 5.69 Å². The van der Waals surface area contributed by atoms with E-state index in [1.54, 1.807) is 30.3 Å². The largest absolute Gasteiger partial charge is 0.325 e. The van der Waals surface area contributed by atoms with Gasteiger partial charge in [-0.1, -0.05) is 60.5 Å². The number of anilines is 1. The van der Waals surface area contributed by atoms with Gasteiger partial charge >= 0.3 is 0 Å². The summed E-state index contributed by atoms with van der Waals surface area (Å²) in [7, 11) is -3.96. The molecule has 3 aromatic rings. The zero-order chi connectivity index (χ0) is 22.4. The molecular weight excluding hydrogens is 455 g/mol. The average molecular weight is 477 g/mol. The van der Waals surface area contributed by atoms with Gasteiger partial charge in [0.05, 0.1) is 11.4 Å². The Hall–Kier alpha value is -2.38. The minimum absolute atomic E-state index is 0.00559. The van der Waals surface area contributed by atoms with Crippen LogP contribution < -0.4 is 5.32 Å². The van der Waals surface area contributed by atoms with Crippen LogP contribution in [0, 0.1) is 0 Å². The molecule has 0 radical (unpaired) electrons. The number of hydrogen-bond donors (Lipinski definition) is 1. The van der Waals surface area contributed by atoms with E-state index in [2.05, 4.69) is 5.32 Å². The van der Waals surface area contributed by atoms with Crippen LogP contribution in [0.25, 0.3) is 0 Å². The Bertz CT molecular complexity index is 1170. The molecule has 0 heterocycles. The highest BCUT2D eigenvalue weighted by atomic mass is 35.5. The zero-order valence-corrected chi connectivity index (χ0v) is 19.2. The number of rotatable bonds is 8. The Morgan fingerprint density at radius 1 is 0.935 bits per heavy atom. The molecule has 0 aliphatic heterocycles. The van der Waals surface area contributed by atoms with Gasteiger partial charge in [-0.15, -0.1) is 0 Å². The molecule has 3 rings (SSSR count). The topological polar surface area (TPSA) is 66.5 Å². The first kappa shape index (κ1) is 23.3. The maximum absolute atomic E-state index is 13.3. The summed E-state index contributed by atoms with van der Waals surface area (Å²) in [5, 5.41) is 3.74. The number of amides is 1. The van der Waals surface area contributed by atoms with Gasteiger partial charge in [0, 0.05) is 22.3 Å². The van der Waals surface area contributed by atoms with Crippen molar-refractivity contribution >= 4 is 44.8 Å². The SMILES string of the molecule is CCc1ccccc1NC(=O)CN(Cc1cccc(Cl)c1)S(=O)(=O)c1ccc(Cl)cc1. The lowest BCUT2D eigenvalue weighted by molar-refractivity contribution is -0.116. The monoisotopic (exact) mass is 476 g/mol. The lowest BCUT2D eigenvalue weighted by Gasteiger charge is -2.22. The summed E-state index contributed by atoms with van der Waals surface area (Å²) in [5.74, 6) is -0.430. The van der Waals surface area contributed by atoms with Crippen molar-refractivity contribution in [2.45, 2.75) is 24.8 Å². The van der Waals surface area contributed by atoms with E-state index in [1.807, 2.05) is 25.1 Å². The Kier molecular flexibility index (Phi) is 7.73. The summed E-state index contributed by atoms with van der Waals surface area (Å²) in [5.41, 5.74) is 2.31. The number of para-hydroxylation sites is 1. The summed E-state index contributed by atoms with van der Waals surface area (Å²) >= 11 is 12.0. The van der Waals surface area contributed by atoms with Crippen LogP contribution in [0.5, 0.6) is 0 Å². The highest BCUT2D eigenvalue weighted by Crippen LogP contribution is 2.22. The first-order valence-electron chi connectivity index (χ1n) is 9.67. The molecule has 0 unspecified atom stereocenters. The van der Waals surface area contributed by atoms with Crippen molar-refractivity contribution in [3.05, 3.63) is 94.0 Å². The van der Waals surface area contributed by atoms with Crippen molar-refractivity contribution in [2.24, 2.45) is 0 Å². The molecule has 0 bridgehead atoms. The number of sulfonamides is 1. The van der Waals surface area contributed by atoms with Crippen LogP contribution in [0.3, 0.4) is 0 Å². The van der Waals surface area contributed by atoms with Crippen molar-refractivity contribution in [1.29, 1.82) is 0 Å². The first-order valence-corrected chi connectivity index (χ1v) is 11.9. The number of halogens is 2. The molecule has 1 N–H and O–H groups in total. The molecule has 3 aromatic carbocycles. The number of hydrogen-bond acceptors (Lipinski definition) is 3. The molecule has 0 atom stereocenters. The van der Waals surface area contributed by atoms with Crippen LogP contribution in [-0.2, 0) is 27.8 Å².